The highest BCUT2D eigenvalue weighted by atomic mass is 16.2. The average Bonchev–Trinajstić information content (AvgIpc) is 3.54. The molecule has 2 aliphatic carbocycles. The maximum Gasteiger partial charge on any atom is 0.256 e. The Hall–Kier alpha value is -5.35. The Kier molecular flexibility index (Phi) is 9.69. The van der Waals surface area contributed by atoms with Gasteiger partial charge in [-0.05, 0) is 102 Å². The van der Waals surface area contributed by atoms with Crippen molar-refractivity contribution < 1.29 is 19.2 Å². The van der Waals surface area contributed by atoms with Crippen LogP contribution < -0.4 is 15.1 Å². The van der Waals surface area contributed by atoms with Crippen LogP contribution in [0.1, 0.15) is 85.5 Å². The van der Waals surface area contributed by atoms with Crippen LogP contribution in [0.25, 0.3) is 11.1 Å². The van der Waals surface area contributed by atoms with Crippen LogP contribution >= 0.6 is 0 Å². The molecule has 4 fully saturated rings. The minimum atomic E-state index is -0.626. The Balaban J connectivity index is 0.784. The Labute approximate surface area is 328 Å². The number of rotatable bonds is 8. The molecule has 1 atom stereocenters. The van der Waals surface area contributed by atoms with Gasteiger partial charge in [0, 0.05) is 63.8 Å². The zero-order valence-corrected chi connectivity index (χ0v) is 32.2. The standard InChI is InChI=1S/C46H50N6O4/c1-2-37(31-6-4-3-5-7-31)43(33-10-14-36(53)15-11-33)32-8-12-34(13-9-32)49-22-20-46(21-23-49)28-35(29-46)50-24-26-51(27-25-50)41-18-16-38-39(47-41)30-52(45(38)56)40-17-19-42(54)48-44(40)55/h3-14,16,18,35,40H,2,15,17,19-30H2,1H3,(H,48,54,55)/b43-37+. The first-order chi connectivity index (χ1) is 27.3. The molecule has 0 radical (unpaired) electrons. The Bertz CT molecular complexity index is 2130. The number of imide groups is 1. The smallest absolute Gasteiger partial charge is 0.256 e. The number of hydrogen-bond acceptors (Lipinski definition) is 8. The van der Waals surface area contributed by atoms with E-state index in [1.807, 2.05) is 18.2 Å². The molecule has 1 aromatic heterocycles. The van der Waals surface area contributed by atoms with E-state index in [1.165, 1.54) is 53.6 Å². The maximum absolute atomic E-state index is 13.1. The van der Waals surface area contributed by atoms with E-state index in [2.05, 4.69) is 87.6 Å². The first kappa shape index (κ1) is 36.3. The first-order valence-electron chi connectivity index (χ1n) is 20.5. The SMILES string of the molecule is CC/C(=C(\C1=CCC(=O)C=C1)c1ccc(N2CCC3(CC2)CC(N2CCN(c4ccc5c(n4)CN(C4CCC(=O)NC4=O)C5=O)CC2)C3)cc1)c1ccccc1. The highest BCUT2D eigenvalue weighted by molar-refractivity contribution is 6.05. The number of ketones is 1. The van der Waals surface area contributed by atoms with Crippen molar-refractivity contribution in [2.45, 2.75) is 76.9 Å². The molecular formula is C46H50N6O4. The van der Waals surface area contributed by atoms with Crippen LogP contribution in [0.15, 0.2) is 90.5 Å². The van der Waals surface area contributed by atoms with Crippen molar-refractivity contribution in [3.05, 3.63) is 113 Å². The molecule has 1 N–H and O–H groups in total. The second-order valence-electron chi connectivity index (χ2n) is 16.4. The molecule has 10 nitrogen and oxygen atoms in total. The van der Waals surface area contributed by atoms with E-state index in [4.69, 9.17) is 4.98 Å². The van der Waals surface area contributed by atoms with Crippen molar-refractivity contribution in [1.29, 1.82) is 0 Å². The number of pyridine rings is 1. The van der Waals surface area contributed by atoms with Crippen LogP contribution in [0.4, 0.5) is 11.5 Å². The third-order valence-corrected chi connectivity index (χ3v) is 13.2. The number of allylic oxidation sites excluding steroid dienone is 6. The fourth-order valence-electron chi connectivity index (χ4n) is 10.00. The summed E-state index contributed by atoms with van der Waals surface area (Å²) in [7, 11) is 0. The van der Waals surface area contributed by atoms with Gasteiger partial charge in [0.25, 0.3) is 5.91 Å². The fraction of sp³-hybridized carbons (Fsp3) is 0.413. The van der Waals surface area contributed by atoms with E-state index in [0.717, 1.165) is 57.1 Å². The van der Waals surface area contributed by atoms with Gasteiger partial charge in [-0.25, -0.2) is 4.98 Å². The van der Waals surface area contributed by atoms with Gasteiger partial charge in [-0.15, -0.1) is 0 Å². The molecule has 2 aromatic carbocycles. The van der Waals surface area contributed by atoms with E-state index < -0.39 is 11.9 Å². The number of anilines is 2. The Morgan fingerprint density at radius 1 is 0.821 bits per heavy atom. The molecule has 56 heavy (non-hydrogen) atoms. The average molecular weight is 751 g/mol. The summed E-state index contributed by atoms with van der Waals surface area (Å²) in [5, 5.41) is 2.37. The van der Waals surface area contributed by atoms with E-state index in [0.29, 0.717) is 42.1 Å². The van der Waals surface area contributed by atoms with Gasteiger partial charge in [0.2, 0.25) is 11.8 Å². The molecule has 0 bridgehead atoms. The molecular weight excluding hydrogens is 701 g/mol. The van der Waals surface area contributed by atoms with Gasteiger partial charge in [-0.3, -0.25) is 29.4 Å². The third-order valence-electron chi connectivity index (χ3n) is 13.2. The molecule has 3 aromatic rings. The molecule has 288 valence electrons. The number of piperidine rings is 2. The number of amides is 3. The van der Waals surface area contributed by atoms with Crippen molar-refractivity contribution >= 4 is 46.2 Å². The zero-order chi connectivity index (χ0) is 38.4. The fourth-order valence-corrected chi connectivity index (χ4v) is 10.00. The van der Waals surface area contributed by atoms with Crippen molar-refractivity contribution in [3.8, 4) is 0 Å². The number of carbonyl (C=O) groups is 4. The number of fused-ring (bicyclic) bond motifs is 1. The van der Waals surface area contributed by atoms with Crippen LogP contribution in [-0.2, 0) is 20.9 Å². The Morgan fingerprint density at radius 3 is 2.25 bits per heavy atom. The quantitative estimate of drug-likeness (QED) is 0.215. The summed E-state index contributed by atoms with van der Waals surface area (Å²) in [6.45, 7) is 8.48. The minimum Gasteiger partial charge on any atom is -0.371 e. The summed E-state index contributed by atoms with van der Waals surface area (Å²) in [6, 6.07) is 23.5. The van der Waals surface area contributed by atoms with Crippen molar-refractivity contribution in [3.63, 3.8) is 0 Å². The van der Waals surface area contributed by atoms with Crippen LogP contribution in [0.3, 0.4) is 0 Å². The predicted octanol–water partition coefficient (Wildman–Crippen LogP) is 6.19. The molecule has 5 heterocycles. The second-order valence-corrected chi connectivity index (χ2v) is 16.4. The molecule has 10 heteroatoms. The number of carbonyl (C=O) groups excluding carboxylic acids is 4. The lowest BCUT2D eigenvalue weighted by Crippen LogP contribution is -2.59. The molecule has 6 aliphatic rings. The van der Waals surface area contributed by atoms with E-state index in [1.54, 1.807) is 11.0 Å². The maximum atomic E-state index is 13.1. The highest BCUT2D eigenvalue weighted by Crippen LogP contribution is 2.51. The monoisotopic (exact) mass is 750 g/mol. The molecule has 4 aliphatic heterocycles. The number of aromatic nitrogens is 1. The normalized spacial score (nSPS) is 23.2. The number of nitrogens with zero attached hydrogens (tertiary/aromatic N) is 5. The topological polar surface area (TPSA) is 106 Å². The van der Waals surface area contributed by atoms with E-state index >= 15 is 0 Å². The second kappa shape index (κ2) is 15.0. The van der Waals surface area contributed by atoms with E-state index in [9.17, 15) is 19.2 Å². The number of benzene rings is 2. The lowest BCUT2D eigenvalue weighted by molar-refractivity contribution is -0.137. The summed E-state index contributed by atoms with van der Waals surface area (Å²) in [5.74, 6) is 0.179. The lowest BCUT2D eigenvalue weighted by Gasteiger charge is -2.56. The number of hydrogen-bond donors (Lipinski definition) is 1. The summed E-state index contributed by atoms with van der Waals surface area (Å²) >= 11 is 0. The first-order valence-corrected chi connectivity index (χ1v) is 20.5. The van der Waals surface area contributed by atoms with Gasteiger partial charge < -0.3 is 14.7 Å². The van der Waals surface area contributed by atoms with Gasteiger partial charge in [0.15, 0.2) is 5.78 Å². The van der Waals surface area contributed by atoms with Crippen LogP contribution in [0.2, 0.25) is 0 Å². The summed E-state index contributed by atoms with van der Waals surface area (Å²) in [6.07, 6.45) is 12.7. The van der Waals surface area contributed by atoms with Crippen LogP contribution in [0.5, 0.6) is 0 Å². The zero-order valence-electron chi connectivity index (χ0n) is 32.2. The van der Waals surface area contributed by atoms with Crippen LogP contribution in [0, 0.1) is 5.41 Å². The lowest BCUT2D eigenvalue weighted by atomic mass is 9.60. The largest absolute Gasteiger partial charge is 0.371 e. The molecule has 1 spiro atoms. The number of nitrogens with one attached hydrogen (secondary N) is 1. The molecule has 3 amide bonds. The predicted molar refractivity (Wildman–Crippen MR) is 218 cm³/mol. The molecule has 9 rings (SSSR count). The van der Waals surface area contributed by atoms with Gasteiger partial charge in [0.05, 0.1) is 17.8 Å². The third kappa shape index (κ3) is 6.89. The van der Waals surface area contributed by atoms with E-state index in [-0.39, 0.29) is 24.0 Å². The summed E-state index contributed by atoms with van der Waals surface area (Å²) in [4.78, 5) is 63.3. The summed E-state index contributed by atoms with van der Waals surface area (Å²) < 4.78 is 0. The number of piperazine rings is 1. The molecule has 1 saturated carbocycles. The molecule has 3 saturated heterocycles. The van der Waals surface area contributed by atoms with Crippen molar-refractivity contribution in [2.24, 2.45) is 5.41 Å². The van der Waals surface area contributed by atoms with Gasteiger partial charge in [-0.2, -0.15) is 0 Å². The van der Waals surface area contributed by atoms with Gasteiger partial charge in [-0.1, -0.05) is 61.5 Å². The van der Waals surface area contributed by atoms with Crippen molar-refractivity contribution in [2.75, 3.05) is 49.1 Å². The van der Waals surface area contributed by atoms with Gasteiger partial charge in [0.1, 0.15) is 11.9 Å². The van der Waals surface area contributed by atoms with Crippen LogP contribution in [-0.4, -0.2) is 89.6 Å². The highest BCUT2D eigenvalue weighted by Gasteiger charge is 2.48. The minimum absolute atomic E-state index is 0.150. The van der Waals surface area contributed by atoms with Gasteiger partial charge >= 0.3 is 0 Å². The molecule has 1 unspecified atom stereocenters. The van der Waals surface area contributed by atoms with Crippen molar-refractivity contribution in [1.82, 2.24) is 20.1 Å². The Morgan fingerprint density at radius 2 is 1.57 bits per heavy atom. The summed E-state index contributed by atoms with van der Waals surface area (Å²) in [5.41, 5.74) is 9.04.